The fourth-order valence-corrected chi connectivity index (χ4v) is 1.05. The number of hydrogen-bond acceptors (Lipinski definition) is 1. The Morgan fingerprint density at radius 1 is 1.58 bits per heavy atom. The Balaban J connectivity index is 2.83. The van der Waals surface area contributed by atoms with Crippen LogP contribution in [0.5, 0.6) is 0 Å². The molecule has 1 aromatic heterocycles. The van der Waals surface area contributed by atoms with Gasteiger partial charge in [-0.2, -0.15) is 18.3 Å². The Morgan fingerprint density at radius 2 is 2.17 bits per heavy atom. The molecule has 0 fully saturated rings. The van der Waals surface area contributed by atoms with Gasteiger partial charge in [0.05, 0.1) is 10.7 Å². The molecule has 0 atom stereocenters. The lowest BCUT2D eigenvalue weighted by atomic mass is 10.5. The van der Waals surface area contributed by atoms with E-state index >= 15 is 0 Å². The zero-order valence-electron chi connectivity index (χ0n) is 6.19. The highest BCUT2D eigenvalue weighted by Crippen LogP contribution is 2.21. The molecule has 1 aromatic rings. The lowest BCUT2D eigenvalue weighted by molar-refractivity contribution is -0.142. The molecule has 1 heterocycles. The summed E-state index contributed by atoms with van der Waals surface area (Å²) in [7, 11) is 0. The minimum atomic E-state index is -4.21. The number of aromatic nitrogens is 2. The van der Waals surface area contributed by atoms with Gasteiger partial charge in [-0.25, -0.2) is 0 Å². The molecule has 12 heavy (non-hydrogen) atoms. The van der Waals surface area contributed by atoms with Crippen LogP contribution in [0.2, 0.25) is 0 Å². The smallest absolute Gasteiger partial charge is 0.260 e. The Labute approximate surface area is 75.5 Å². The second-order valence-electron chi connectivity index (χ2n) is 2.35. The van der Waals surface area contributed by atoms with Crippen molar-refractivity contribution < 1.29 is 13.2 Å². The third-order valence-corrected chi connectivity index (χ3v) is 2.15. The van der Waals surface area contributed by atoms with E-state index in [0.29, 0.717) is 10.2 Å². The molecule has 0 unspecified atom stereocenters. The van der Waals surface area contributed by atoms with Gasteiger partial charge >= 0.3 is 6.18 Å². The van der Waals surface area contributed by atoms with Crippen molar-refractivity contribution in [2.75, 3.05) is 0 Å². The quantitative estimate of drug-likeness (QED) is 0.740. The normalized spacial score (nSPS) is 12.1. The molecule has 1 rings (SSSR count). The third kappa shape index (κ3) is 2.23. The van der Waals surface area contributed by atoms with Crippen LogP contribution in [0.4, 0.5) is 13.2 Å². The zero-order chi connectivity index (χ0) is 9.35. The van der Waals surface area contributed by atoms with Crippen LogP contribution < -0.4 is 0 Å². The van der Waals surface area contributed by atoms with Crippen molar-refractivity contribution in [2.24, 2.45) is 0 Å². The van der Waals surface area contributed by atoms with E-state index in [0.717, 1.165) is 4.68 Å². The summed E-state index contributed by atoms with van der Waals surface area (Å²) in [5.74, 6) is 0. The number of rotatable bonds is 1. The second kappa shape index (κ2) is 3.08. The lowest BCUT2D eigenvalue weighted by Crippen LogP contribution is -2.19. The minimum Gasteiger partial charge on any atom is -0.260 e. The summed E-state index contributed by atoms with van der Waals surface area (Å²) in [6, 6.07) is 0. The standard InChI is InChI=1S/C6H6BrF3N2/c1-4-5(7)2-11-12(4)3-6(8,9)10/h2H,3H2,1H3. The maximum atomic E-state index is 11.9. The molecular formula is C6H6BrF3N2. The van der Waals surface area contributed by atoms with Crippen LogP contribution >= 0.6 is 15.9 Å². The second-order valence-corrected chi connectivity index (χ2v) is 3.21. The van der Waals surface area contributed by atoms with Crippen molar-refractivity contribution in [2.45, 2.75) is 19.6 Å². The molecule has 0 aromatic carbocycles. The first-order chi connectivity index (χ1) is 5.40. The van der Waals surface area contributed by atoms with Gasteiger partial charge in [0.1, 0.15) is 6.54 Å². The third-order valence-electron chi connectivity index (χ3n) is 1.37. The minimum absolute atomic E-state index is 0.479. The molecule has 0 bridgehead atoms. The zero-order valence-corrected chi connectivity index (χ0v) is 7.78. The molecule has 0 aliphatic carbocycles. The number of halogens is 4. The van der Waals surface area contributed by atoms with E-state index in [1.165, 1.54) is 6.20 Å². The average Bonchev–Trinajstić information content (AvgIpc) is 2.16. The molecule has 0 saturated carbocycles. The maximum Gasteiger partial charge on any atom is 0.408 e. The van der Waals surface area contributed by atoms with Gasteiger partial charge in [-0.15, -0.1) is 0 Å². The number of alkyl halides is 3. The number of hydrogen-bond donors (Lipinski definition) is 0. The molecular weight excluding hydrogens is 237 g/mol. The van der Waals surface area contributed by atoms with E-state index in [1.54, 1.807) is 6.92 Å². The molecule has 0 aliphatic rings. The molecule has 2 nitrogen and oxygen atoms in total. The van der Waals surface area contributed by atoms with Crippen LogP contribution in [0.3, 0.4) is 0 Å². The van der Waals surface area contributed by atoms with Crippen molar-refractivity contribution in [3.8, 4) is 0 Å². The van der Waals surface area contributed by atoms with Crippen LogP contribution in [-0.4, -0.2) is 16.0 Å². The van der Waals surface area contributed by atoms with Crippen LogP contribution in [0.1, 0.15) is 5.69 Å². The van der Waals surface area contributed by atoms with E-state index in [2.05, 4.69) is 21.0 Å². The van der Waals surface area contributed by atoms with E-state index in [-0.39, 0.29) is 0 Å². The van der Waals surface area contributed by atoms with Gasteiger partial charge in [-0.1, -0.05) is 0 Å². The Hall–Kier alpha value is -0.520. The van der Waals surface area contributed by atoms with Gasteiger partial charge in [-0.05, 0) is 22.9 Å². The lowest BCUT2D eigenvalue weighted by Gasteiger charge is -2.07. The van der Waals surface area contributed by atoms with Gasteiger partial charge in [0, 0.05) is 5.69 Å². The number of nitrogens with zero attached hydrogens (tertiary/aromatic N) is 2. The molecule has 0 N–H and O–H groups in total. The summed E-state index contributed by atoms with van der Waals surface area (Å²) < 4.78 is 37.1. The summed E-state index contributed by atoms with van der Waals surface area (Å²) in [5, 5.41) is 3.55. The van der Waals surface area contributed by atoms with Crippen molar-refractivity contribution in [1.29, 1.82) is 0 Å². The highest BCUT2D eigenvalue weighted by Gasteiger charge is 2.29. The Morgan fingerprint density at radius 3 is 2.50 bits per heavy atom. The monoisotopic (exact) mass is 242 g/mol. The molecule has 6 heteroatoms. The van der Waals surface area contributed by atoms with Crippen molar-refractivity contribution in [1.82, 2.24) is 9.78 Å². The fourth-order valence-electron chi connectivity index (χ4n) is 0.753. The van der Waals surface area contributed by atoms with Gasteiger partial charge in [0.15, 0.2) is 0 Å². The van der Waals surface area contributed by atoms with E-state index < -0.39 is 12.7 Å². The first-order valence-electron chi connectivity index (χ1n) is 3.15. The van der Waals surface area contributed by atoms with Crippen LogP contribution in [-0.2, 0) is 6.54 Å². The van der Waals surface area contributed by atoms with Gasteiger partial charge < -0.3 is 0 Å². The summed E-state index contributed by atoms with van der Waals surface area (Å²) in [4.78, 5) is 0. The summed E-state index contributed by atoms with van der Waals surface area (Å²) in [5.41, 5.74) is 0.479. The van der Waals surface area contributed by atoms with Crippen LogP contribution in [0, 0.1) is 6.92 Å². The fraction of sp³-hybridized carbons (Fsp3) is 0.500. The highest BCUT2D eigenvalue weighted by molar-refractivity contribution is 9.10. The topological polar surface area (TPSA) is 17.8 Å². The van der Waals surface area contributed by atoms with Crippen LogP contribution in [0.15, 0.2) is 10.7 Å². The molecule has 0 amide bonds. The predicted molar refractivity (Wildman–Crippen MR) is 40.7 cm³/mol. The summed E-state index contributed by atoms with van der Waals surface area (Å²) in [6.07, 6.45) is -2.86. The largest absolute Gasteiger partial charge is 0.408 e. The van der Waals surface area contributed by atoms with E-state index in [9.17, 15) is 13.2 Å². The molecule has 0 radical (unpaired) electrons. The predicted octanol–water partition coefficient (Wildman–Crippen LogP) is 2.52. The SMILES string of the molecule is Cc1c(Br)cnn1CC(F)(F)F. The van der Waals surface area contributed by atoms with Gasteiger partial charge in [0.2, 0.25) is 0 Å². The molecule has 0 spiro atoms. The molecule has 0 saturated heterocycles. The molecule has 0 aliphatic heterocycles. The van der Waals surface area contributed by atoms with Gasteiger partial charge in [-0.3, -0.25) is 4.68 Å². The van der Waals surface area contributed by atoms with Crippen molar-refractivity contribution >= 4 is 15.9 Å². The highest BCUT2D eigenvalue weighted by atomic mass is 79.9. The van der Waals surface area contributed by atoms with E-state index in [4.69, 9.17) is 0 Å². The summed E-state index contributed by atoms with van der Waals surface area (Å²) >= 11 is 3.07. The first kappa shape index (κ1) is 9.57. The van der Waals surface area contributed by atoms with Gasteiger partial charge in [0.25, 0.3) is 0 Å². The van der Waals surface area contributed by atoms with Crippen molar-refractivity contribution in [3.63, 3.8) is 0 Å². The van der Waals surface area contributed by atoms with Crippen molar-refractivity contribution in [3.05, 3.63) is 16.4 Å². The summed E-state index contributed by atoms with van der Waals surface area (Å²) in [6.45, 7) is 0.535. The first-order valence-corrected chi connectivity index (χ1v) is 3.94. The maximum absolute atomic E-state index is 11.9. The van der Waals surface area contributed by atoms with Crippen LogP contribution in [0.25, 0.3) is 0 Å². The Bertz CT molecular complexity index is 279. The Kier molecular flexibility index (Phi) is 2.46. The average molecular weight is 243 g/mol. The molecule has 68 valence electrons. The van der Waals surface area contributed by atoms with E-state index in [1.807, 2.05) is 0 Å².